The van der Waals surface area contributed by atoms with Crippen LogP contribution in [0.5, 0.6) is 0 Å². The first-order valence-corrected chi connectivity index (χ1v) is 7.73. The molecule has 0 unspecified atom stereocenters. The average Bonchev–Trinajstić information content (AvgIpc) is 2.41. The molecule has 1 aromatic carbocycles. The van der Waals surface area contributed by atoms with E-state index in [1.165, 1.54) is 0 Å². The summed E-state index contributed by atoms with van der Waals surface area (Å²) in [5, 5.41) is 13.4. The van der Waals surface area contributed by atoms with Gasteiger partial charge in [0.25, 0.3) is 0 Å². The van der Waals surface area contributed by atoms with Crippen LogP contribution in [0.2, 0.25) is 0 Å². The highest BCUT2D eigenvalue weighted by atomic mass is 79.9. The normalized spacial score (nSPS) is 13.9. The van der Waals surface area contributed by atoms with Gasteiger partial charge in [-0.2, -0.15) is 0 Å². The van der Waals surface area contributed by atoms with Crippen molar-refractivity contribution >= 4 is 39.4 Å². The number of aliphatic hydroxyl groups is 1. The SMILES string of the molecule is CC[C@@H](O)CNCc1cc(N=C/C=C(\C)Cl)ccc1Br. The number of aliphatic hydroxyl groups excluding tert-OH is 1. The van der Waals surface area contributed by atoms with Crippen LogP contribution in [0.1, 0.15) is 25.8 Å². The zero-order valence-corrected chi connectivity index (χ0v) is 14.1. The lowest BCUT2D eigenvalue weighted by Crippen LogP contribution is -2.25. The molecule has 0 spiro atoms. The average molecular weight is 360 g/mol. The third-order valence-corrected chi connectivity index (χ3v) is 3.62. The highest BCUT2D eigenvalue weighted by Gasteiger charge is 2.03. The quantitative estimate of drug-likeness (QED) is 0.718. The largest absolute Gasteiger partial charge is 0.392 e. The molecule has 5 heteroatoms. The Bertz CT molecular complexity index is 485. The molecular weight excluding hydrogens is 340 g/mol. The number of halogens is 2. The summed E-state index contributed by atoms with van der Waals surface area (Å²) in [6.45, 7) is 5.05. The Morgan fingerprint density at radius 2 is 2.30 bits per heavy atom. The molecule has 0 aliphatic rings. The van der Waals surface area contributed by atoms with Gasteiger partial charge in [0.2, 0.25) is 0 Å². The van der Waals surface area contributed by atoms with Crippen LogP contribution in [0.25, 0.3) is 0 Å². The number of rotatable bonds is 7. The molecule has 110 valence electrons. The first-order chi connectivity index (χ1) is 9.52. The van der Waals surface area contributed by atoms with E-state index in [1.807, 2.05) is 32.0 Å². The maximum absolute atomic E-state index is 9.51. The molecule has 0 bridgehead atoms. The predicted octanol–water partition coefficient (Wildman–Crippen LogP) is 4.15. The van der Waals surface area contributed by atoms with Crippen LogP contribution in [0.4, 0.5) is 5.69 Å². The van der Waals surface area contributed by atoms with E-state index in [0.717, 1.165) is 22.1 Å². The van der Waals surface area contributed by atoms with Gasteiger partial charge in [0.1, 0.15) is 0 Å². The Morgan fingerprint density at radius 1 is 1.55 bits per heavy atom. The van der Waals surface area contributed by atoms with Crippen molar-refractivity contribution in [3.05, 3.63) is 39.3 Å². The van der Waals surface area contributed by atoms with Crippen molar-refractivity contribution in [3.8, 4) is 0 Å². The maximum Gasteiger partial charge on any atom is 0.0662 e. The van der Waals surface area contributed by atoms with Gasteiger partial charge < -0.3 is 10.4 Å². The van der Waals surface area contributed by atoms with E-state index >= 15 is 0 Å². The van der Waals surface area contributed by atoms with Crippen molar-refractivity contribution in [3.63, 3.8) is 0 Å². The molecule has 1 rings (SSSR count). The lowest BCUT2D eigenvalue weighted by molar-refractivity contribution is 0.167. The first-order valence-electron chi connectivity index (χ1n) is 6.56. The molecular formula is C15H20BrClN2O. The molecule has 0 amide bonds. The third-order valence-electron chi connectivity index (χ3n) is 2.72. The van der Waals surface area contributed by atoms with Gasteiger partial charge in [0.15, 0.2) is 0 Å². The summed E-state index contributed by atoms with van der Waals surface area (Å²) in [4.78, 5) is 4.32. The number of hydrogen-bond donors (Lipinski definition) is 2. The second-order valence-corrected chi connectivity index (χ2v) is 5.95. The highest BCUT2D eigenvalue weighted by molar-refractivity contribution is 9.10. The van der Waals surface area contributed by atoms with Gasteiger partial charge >= 0.3 is 0 Å². The summed E-state index contributed by atoms with van der Waals surface area (Å²) >= 11 is 9.26. The van der Waals surface area contributed by atoms with Gasteiger partial charge in [0.05, 0.1) is 11.8 Å². The van der Waals surface area contributed by atoms with Crippen LogP contribution in [-0.4, -0.2) is 24.0 Å². The summed E-state index contributed by atoms with van der Waals surface area (Å²) in [7, 11) is 0. The molecule has 0 saturated heterocycles. The molecule has 1 aromatic rings. The summed E-state index contributed by atoms with van der Waals surface area (Å²) in [5.74, 6) is 0. The van der Waals surface area contributed by atoms with Gasteiger partial charge in [-0.3, -0.25) is 4.99 Å². The van der Waals surface area contributed by atoms with E-state index in [9.17, 15) is 5.11 Å². The number of nitrogens with zero attached hydrogens (tertiary/aromatic N) is 1. The highest BCUT2D eigenvalue weighted by Crippen LogP contribution is 2.22. The minimum Gasteiger partial charge on any atom is -0.392 e. The van der Waals surface area contributed by atoms with Gasteiger partial charge in [-0.25, -0.2) is 0 Å². The monoisotopic (exact) mass is 358 g/mol. The van der Waals surface area contributed by atoms with Crippen molar-refractivity contribution in [2.75, 3.05) is 6.54 Å². The molecule has 0 aromatic heterocycles. The minimum atomic E-state index is -0.299. The van der Waals surface area contributed by atoms with Gasteiger partial charge in [0, 0.05) is 28.8 Å². The summed E-state index contributed by atoms with van der Waals surface area (Å²) in [6, 6.07) is 5.91. The fraction of sp³-hybridized carbons (Fsp3) is 0.400. The molecule has 0 aliphatic heterocycles. The van der Waals surface area contributed by atoms with Crippen LogP contribution in [0, 0.1) is 0 Å². The fourth-order valence-electron chi connectivity index (χ4n) is 1.52. The summed E-state index contributed by atoms with van der Waals surface area (Å²) in [5.41, 5.74) is 1.98. The second-order valence-electron chi connectivity index (χ2n) is 4.50. The van der Waals surface area contributed by atoms with Crippen LogP contribution in [0.15, 0.2) is 38.8 Å². The minimum absolute atomic E-state index is 0.299. The lowest BCUT2D eigenvalue weighted by Gasteiger charge is -2.11. The molecule has 2 N–H and O–H groups in total. The second kappa shape index (κ2) is 9.29. The van der Waals surface area contributed by atoms with Gasteiger partial charge in [-0.15, -0.1) is 0 Å². The predicted molar refractivity (Wildman–Crippen MR) is 89.9 cm³/mol. The molecule has 0 saturated carbocycles. The van der Waals surface area contributed by atoms with E-state index in [1.54, 1.807) is 12.3 Å². The molecule has 1 atom stereocenters. The van der Waals surface area contributed by atoms with Gasteiger partial charge in [-0.05, 0) is 43.2 Å². The first kappa shape index (κ1) is 17.4. The Morgan fingerprint density at radius 3 is 2.95 bits per heavy atom. The van der Waals surface area contributed by atoms with Crippen molar-refractivity contribution in [1.82, 2.24) is 5.32 Å². The van der Waals surface area contributed by atoms with Crippen LogP contribution >= 0.6 is 27.5 Å². The number of nitrogens with one attached hydrogen (secondary N) is 1. The number of hydrogen-bond acceptors (Lipinski definition) is 3. The molecule has 20 heavy (non-hydrogen) atoms. The Labute approximate surface area is 133 Å². The Hall–Kier alpha value is -0.680. The molecule has 0 heterocycles. The lowest BCUT2D eigenvalue weighted by atomic mass is 10.2. The Kier molecular flexibility index (Phi) is 8.07. The summed E-state index contributed by atoms with van der Waals surface area (Å²) < 4.78 is 1.03. The fourth-order valence-corrected chi connectivity index (χ4v) is 1.96. The number of aliphatic imine (C=N–C) groups is 1. The Balaban J connectivity index is 2.66. The molecule has 0 radical (unpaired) electrons. The summed E-state index contributed by atoms with van der Waals surface area (Å²) in [6.07, 6.45) is 3.89. The van der Waals surface area contributed by atoms with Crippen molar-refractivity contribution < 1.29 is 5.11 Å². The van der Waals surface area contributed by atoms with Gasteiger partial charge in [-0.1, -0.05) is 34.5 Å². The van der Waals surface area contributed by atoms with E-state index in [4.69, 9.17) is 11.6 Å². The standard InChI is InChI=1S/C15H20BrClN2O/c1-3-14(20)10-18-9-12-8-13(4-5-15(12)16)19-7-6-11(2)17/h4-8,14,18,20H,3,9-10H2,1-2H3/b11-6+,19-7?/t14-/m1/s1. The van der Waals surface area contributed by atoms with E-state index in [2.05, 4.69) is 26.2 Å². The van der Waals surface area contributed by atoms with E-state index < -0.39 is 0 Å². The van der Waals surface area contributed by atoms with E-state index in [0.29, 0.717) is 18.1 Å². The van der Waals surface area contributed by atoms with Crippen molar-refractivity contribution in [2.45, 2.75) is 32.9 Å². The van der Waals surface area contributed by atoms with Crippen molar-refractivity contribution in [2.24, 2.45) is 4.99 Å². The van der Waals surface area contributed by atoms with Crippen molar-refractivity contribution in [1.29, 1.82) is 0 Å². The van der Waals surface area contributed by atoms with Crippen LogP contribution < -0.4 is 5.32 Å². The zero-order valence-electron chi connectivity index (χ0n) is 11.7. The zero-order chi connectivity index (χ0) is 15.0. The molecule has 3 nitrogen and oxygen atoms in total. The maximum atomic E-state index is 9.51. The molecule has 0 aliphatic carbocycles. The van der Waals surface area contributed by atoms with Crippen LogP contribution in [0.3, 0.4) is 0 Å². The smallest absolute Gasteiger partial charge is 0.0662 e. The third kappa shape index (κ3) is 6.66. The topological polar surface area (TPSA) is 44.6 Å². The number of benzene rings is 1. The van der Waals surface area contributed by atoms with Crippen LogP contribution in [-0.2, 0) is 6.54 Å². The van der Waals surface area contributed by atoms with E-state index in [-0.39, 0.29) is 6.10 Å². The number of allylic oxidation sites excluding steroid dienone is 2. The molecule has 0 fully saturated rings.